The third-order valence-electron chi connectivity index (χ3n) is 9.63. The van der Waals surface area contributed by atoms with Crippen LogP contribution in [0.5, 0.6) is 0 Å². The molecule has 1 aliphatic carbocycles. The smallest absolute Gasteiger partial charge is 0.0541 e. The summed E-state index contributed by atoms with van der Waals surface area (Å²) in [5.74, 6) is 0.370. The van der Waals surface area contributed by atoms with Gasteiger partial charge in [0.05, 0.1) is 16.6 Å². The summed E-state index contributed by atoms with van der Waals surface area (Å²) in [4.78, 5) is 0. The third-order valence-corrected chi connectivity index (χ3v) is 9.63. The Kier molecular flexibility index (Phi) is 4.32. The summed E-state index contributed by atoms with van der Waals surface area (Å²) >= 11 is 0. The van der Waals surface area contributed by atoms with Gasteiger partial charge >= 0.3 is 0 Å². The fraction of sp³-hybridized carbons (Fsp3) is 0.0500. The van der Waals surface area contributed by atoms with E-state index in [1.165, 1.54) is 83.2 Å². The molecule has 2 nitrogen and oxygen atoms in total. The lowest BCUT2D eigenvalue weighted by molar-refractivity contribution is 0.734. The molecule has 0 saturated carbocycles. The molecule has 2 heteroatoms. The molecular formula is C40H26N2. The van der Waals surface area contributed by atoms with Crippen molar-refractivity contribution in [3.05, 3.63) is 156 Å². The third kappa shape index (κ3) is 2.84. The Bertz CT molecular complexity index is 2330. The van der Waals surface area contributed by atoms with Gasteiger partial charge in [-0.05, 0) is 76.7 Å². The molecule has 0 amide bonds. The molecule has 42 heavy (non-hydrogen) atoms. The van der Waals surface area contributed by atoms with Crippen LogP contribution in [0.25, 0.3) is 66.3 Å². The van der Waals surface area contributed by atoms with Crippen LogP contribution in [0.1, 0.15) is 22.7 Å². The summed E-state index contributed by atoms with van der Waals surface area (Å²) in [6.45, 7) is 0. The Labute approximate surface area is 243 Å². The molecule has 0 spiro atoms. The summed E-state index contributed by atoms with van der Waals surface area (Å²) in [5, 5.41) is 3.94. The Balaban J connectivity index is 1.11. The number of hydrogen-bond donors (Lipinski definition) is 0. The van der Waals surface area contributed by atoms with Gasteiger partial charge in [-0.1, -0.05) is 97.1 Å². The van der Waals surface area contributed by atoms with Crippen molar-refractivity contribution in [2.75, 3.05) is 0 Å². The van der Waals surface area contributed by atoms with Gasteiger partial charge in [0.1, 0.15) is 0 Å². The van der Waals surface area contributed by atoms with Crippen LogP contribution in [-0.2, 0) is 6.42 Å². The molecule has 0 radical (unpaired) electrons. The van der Waals surface area contributed by atoms with E-state index in [0.29, 0.717) is 5.92 Å². The van der Waals surface area contributed by atoms with Gasteiger partial charge in [-0.2, -0.15) is 0 Å². The van der Waals surface area contributed by atoms with Gasteiger partial charge in [0.15, 0.2) is 0 Å². The molecule has 1 atom stereocenters. The average molecular weight is 535 g/mol. The second-order valence-corrected chi connectivity index (χ2v) is 11.7. The maximum atomic E-state index is 2.54. The van der Waals surface area contributed by atoms with E-state index in [-0.39, 0.29) is 0 Å². The quantitative estimate of drug-likeness (QED) is 0.209. The fourth-order valence-electron chi connectivity index (χ4n) is 7.87. The molecule has 2 aliphatic rings. The lowest BCUT2D eigenvalue weighted by Gasteiger charge is -2.26. The lowest BCUT2D eigenvalue weighted by atomic mass is 9.87. The van der Waals surface area contributed by atoms with Crippen LogP contribution < -0.4 is 0 Å². The monoisotopic (exact) mass is 534 g/mol. The van der Waals surface area contributed by atoms with Crippen molar-refractivity contribution in [1.82, 2.24) is 9.13 Å². The predicted octanol–water partition coefficient (Wildman–Crippen LogP) is 10.1. The van der Waals surface area contributed by atoms with Crippen LogP contribution >= 0.6 is 0 Å². The highest BCUT2D eigenvalue weighted by molar-refractivity contribution is 6.09. The number of fused-ring (bicyclic) bond motifs is 11. The van der Waals surface area contributed by atoms with Crippen LogP contribution in [0.4, 0.5) is 0 Å². The largest absolute Gasteiger partial charge is 0.312 e. The maximum absolute atomic E-state index is 2.54. The molecule has 2 aromatic heterocycles. The molecule has 0 bridgehead atoms. The first-order chi connectivity index (χ1) is 20.8. The van der Waals surface area contributed by atoms with Crippen molar-refractivity contribution in [1.29, 1.82) is 0 Å². The summed E-state index contributed by atoms with van der Waals surface area (Å²) in [7, 11) is 0. The Morgan fingerprint density at radius 3 is 1.83 bits per heavy atom. The number of para-hydroxylation sites is 4. The predicted molar refractivity (Wildman–Crippen MR) is 174 cm³/mol. The zero-order valence-corrected chi connectivity index (χ0v) is 23.0. The summed E-state index contributed by atoms with van der Waals surface area (Å²) in [6, 6.07) is 51.5. The van der Waals surface area contributed by atoms with Crippen molar-refractivity contribution >= 4 is 32.7 Å². The molecule has 0 saturated heterocycles. The molecule has 6 aromatic carbocycles. The Morgan fingerprint density at radius 2 is 1.10 bits per heavy atom. The van der Waals surface area contributed by atoms with Gasteiger partial charge in [-0.15, -0.1) is 0 Å². The minimum Gasteiger partial charge on any atom is -0.312 e. The van der Waals surface area contributed by atoms with E-state index in [0.717, 1.165) is 6.42 Å². The lowest BCUT2D eigenvalue weighted by Crippen LogP contribution is -2.16. The first-order valence-electron chi connectivity index (χ1n) is 14.8. The van der Waals surface area contributed by atoms with Crippen molar-refractivity contribution in [3.8, 4) is 33.6 Å². The Morgan fingerprint density at radius 1 is 0.500 bits per heavy atom. The zero-order valence-electron chi connectivity index (χ0n) is 23.0. The summed E-state index contributed by atoms with van der Waals surface area (Å²) in [5.41, 5.74) is 16.0. The van der Waals surface area contributed by atoms with E-state index in [2.05, 4.69) is 149 Å². The van der Waals surface area contributed by atoms with Crippen LogP contribution in [-0.4, -0.2) is 9.13 Å². The topological polar surface area (TPSA) is 9.86 Å². The first-order valence-corrected chi connectivity index (χ1v) is 14.8. The molecule has 1 unspecified atom stereocenters. The van der Waals surface area contributed by atoms with E-state index in [1.807, 2.05) is 0 Å². The molecular weight excluding hydrogens is 508 g/mol. The van der Waals surface area contributed by atoms with Crippen LogP contribution in [0.3, 0.4) is 0 Å². The molecule has 0 fully saturated rings. The van der Waals surface area contributed by atoms with Gasteiger partial charge in [-0.25, -0.2) is 0 Å². The zero-order chi connectivity index (χ0) is 27.4. The van der Waals surface area contributed by atoms with Crippen molar-refractivity contribution in [2.24, 2.45) is 0 Å². The van der Waals surface area contributed by atoms with Crippen molar-refractivity contribution in [2.45, 2.75) is 12.3 Å². The maximum Gasteiger partial charge on any atom is 0.0541 e. The number of hydrogen-bond acceptors (Lipinski definition) is 0. The number of rotatable bonds is 2. The molecule has 1 aliphatic heterocycles. The highest BCUT2D eigenvalue weighted by Crippen LogP contribution is 2.55. The van der Waals surface area contributed by atoms with E-state index >= 15 is 0 Å². The first kappa shape index (κ1) is 22.4. The molecule has 196 valence electrons. The van der Waals surface area contributed by atoms with Gasteiger partial charge in [0, 0.05) is 44.7 Å². The Hall–Kier alpha value is -5.34. The van der Waals surface area contributed by atoms with Crippen LogP contribution in [0.2, 0.25) is 0 Å². The minimum atomic E-state index is 0.370. The van der Waals surface area contributed by atoms with E-state index in [9.17, 15) is 0 Å². The number of benzene rings is 6. The van der Waals surface area contributed by atoms with E-state index in [1.54, 1.807) is 0 Å². The molecule has 0 N–H and O–H groups in total. The molecule has 10 rings (SSSR count). The van der Waals surface area contributed by atoms with Crippen molar-refractivity contribution < 1.29 is 0 Å². The summed E-state index contributed by atoms with van der Waals surface area (Å²) in [6.07, 6.45) is 1.04. The van der Waals surface area contributed by atoms with Gasteiger partial charge in [0.25, 0.3) is 0 Å². The van der Waals surface area contributed by atoms with Gasteiger partial charge < -0.3 is 9.13 Å². The standard InChI is InChI=1S/C40H26N2/c1-5-13-35-27(9-1)24-34-33-23-26(19-22-31(33)39-32-12-4-8-16-38(32)42(35)40(34)39)25-17-20-28(21-18-25)41-36-14-6-2-10-29(36)30-11-3-7-15-37(30)41/h1-23,34H,24H2. The number of aromatic nitrogens is 2. The summed E-state index contributed by atoms with van der Waals surface area (Å²) < 4.78 is 4.92. The van der Waals surface area contributed by atoms with Crippen LogP contribution in [0.15, 0.2) is 140 Å². The van der Waals surface area contributed by atoms with E-state index < -0.39 is 0 Å². The fourth-order valence-corrected chi connectivity index (χ4v) is 7.87. The highest BCUT2D eigenvalue weighted by Gasteiger charge is 2.38. The normalized spacial score (nSPS) is 14.8. The van der Waals surface area contributed by atoms with Gasteiger partial charge in [-0.3, -0.25) is 0 Å². The minimum absolute atomic E-state index is 0.370. The second kappa shape index (κ2) is 8.11. The van der Waals surface area contributed by atoms with Crippen molar-refractivity contribution in [3.63, 3.8) is 0 Å². The van der Waals surface area contributed by atoms with Crippen LogP contribution in [0, 0.1) is 0 Å². The second-order valence-electron chi connectivity index (χ2n) is 11.7. The molecule has 3 heterocycles. The van der Waals surface area contributed by atoms with E-state index in [4.69, 9.17) is 0 Å². The highest BCUT2D eigenvalue weighted by atomic mass is 15.0. The molecule has 8 aromatic rings. The number of nitrogens with zero attached hydrogens (tertiary/aromatic N) is 2. The average Bonchev–Trinajstić information content (AvgIpc) is 3.69. The SMILES string of the molecule is c1ccc2c(c1)CC1c3cc(-c4ccc(-n5c6ccccc6c6ccccc65)cc4)ccc3-c3c1n-2c1ccccc31. The van der Waals surface area contributed by atoms with Gasteiger partial charge in [0.2, 0.25) is 0 Å².